The van der Waals surface area contributed by atoms with E-state index in [1.807, 2.05) is 25.1 Å². The Morgan fingerprint density at radius 1 is 1.03 bits per heavy atom. The van der Waals surface area contributed by atoms with Crippen LogP contribution >= 0.6 is 0 Å². The third kappa shape index (κ3) is 4.62. The second kappa shape index (κ2) is 9.07. The van der Waals surface area contributed by atoms with Crippen LogP contribution in [0.2, 0.25) is 0 Å². The molecule has 1 saturated carbocycles. The van der Waals surface area contributed by atoms with Crippen molar-refractivity contribution in [3.8, 4) is 17.3 Å². The van der Waals surface area contributed by atoms with Gasteiger partial charge in [0.05, 0.1) is 19.9 Å². The average Bonchev–Trinajstić information content (AvgIpc) is 3.15. The predicted octanol–water partition coefficient (Wildman–Crippen LogP) is 3.45. The first-order valence-corrected chi connectivity index (χ1v) is 10.4. The number of nitrogens with zero attached hydrogens (tertiary/aromatic N) is 5. The molecule has 10 heteroatoms. The molecule has 0 bridgehead atoms. The average molecular weight is 425 g/mol. The minimum atomic E-state index is 0.217. The number of hydrogen-bond acceptors (Lipinski definition) is 9. The van der Waals surface area contributed by atoms with Gasteiger partial charge in [0.1, 0.15) is 23.6 Å². The summed E-state index contributed by atoms with van der Waals surface area (Å²) in [6.45, 7) is 1.95. The molecule has 0 unspecified atom stereocenters. The van der Waals surface area contributed by atoms with Crippen LogP contribution in [0.5, 0.6) is 11.5 Å². The molecule has 4 rings (SSSR count). The lowest BCUT2D eigenvalue weighted by molar-refractivity contribution is 0.393. The molecule has 0 atom stereocenters. The molecule has 164 valence electrons. The van der Waals surface area contributed by atoms with Crippen molar-refractivity contribution < 1.29 is 9.47 Å². The predicted molar refractivity (Wildman–Crippen MR) is 119 cm³/mol. The van der Waals surface area contributed by atoms with Crippen LogP contribution in [0.25, 0.3) is 5.82 Å². The molecule has 0 aliphatic heterocycles. The van der Waals surface area contributed by atoms with E-state index in [4.69, 9.17) is 15.2 Å². The Morgan fingerprint density at radius 2 is 1.81 bits per heavy atom. The third-order valence-electron chi connectivity index (χ3n) is 5.42. The lowest BCUT2D eigenvalue weighted by atomic mass is 9.95. The molecule has 31 heavy (non-hydrogen) atoms. The highest BCUT2D eigenvalue weighted by atomic mass is 16.5. The first-order valence-electron chi connectivity index (χ1n) is 10.4. The van der Waals surface area contributed by atoms with Crippen molar-refractivity contribution in [3.05, 3.63) is 30.1 Å². The zero-order valence-electron chi connectivity index (χ0n) is 18.1. The van der Waals surface area contributed by atoms with E-state index < -0.39 is 0 Å². The van der Waals surface area contributed by atoms with Crippen LogP contribution in [-0.2, 0) is 0 Å². The Labute approximate surface area is 181 Å². The number of anilines is 4. The van der Waals surface area contributed by atoms with Crippen molar-refractivity contribution in [2.45, 2.75) is 45.1 Å². The lowest BCUT2D eigenvalue weighted by Crippen LogP contribution is -2.23. The molecule has 10 nitrogen and oxygen atoms in total. The fourth-order valence-corrected chi connectivity index (χ4v) is 3.82. The molecule has 1 aliphatic carbocycles. The van der Waals surface area contributed by atoms with Gasteiger partial charge in [-0.25, -0.2) is 9.97 Å². The summed E-state index contributed by atoms with van der Waals surface area (Å²) >= 11 is 0. The highest BCUT2D eigenvalue weighted by Crippen LogP contribution is 2.34. The summed E-state index contributed by atoms with van der Waals surface area (Å²) in [5.74, 6) is 3.20. The van der Waals surface area contributed by atoms with Crippen LogP contribution < -0.4 is 25.8 Å². The molecule has 0 amide bonds. The Kier molecular flexibility index (Phi) is 6.06. The minimum absolute atomic E-state index is 0.217. The van der Waals surface area contributed by atoms with Crippen LogP contribution in [0.3, 0.4) is 0 Å². The van der Waals surface area contributed by atoms with Crippen molar-refractivity contribution in [1.29, 1.82) is 0 Å². The molecule has 4 N–H and O–H groups in total. The summed E-state index contributed by atoms with van der Waals surface area (Å²) in [5, 5.41) is 11.1. The fraction of sp³-hybridized carbons (Fsp3) is 0.429. The van der Waals surface area contributed by atoms with Gasteiger partial charge in [-0.15, -0.1) is 5.10 Å². The maximum atomic E-state index is 6.12. The van der Waals surface area contributed by atoms with Crippen molar-refractivity contribution in [2.24, 2.45) is 0 Å². The van der Waals surface area contributed by atoms with E-state index in [9.17, 15) is 0 Å². The molecule has 1 fully saturated rings. The van der Waals surface area contributed by atoms with Gasteiger partial charge >= 0.3 is 0 Å². The molecule has 1 aromatic carbocycles. The van der Waals surface area contributed by atoms with Gasteiger partial charge < -0.3 is 25.8 Å². The van der Waals surface area contributed by atoms with Gasteiger partial charge in [-0.3, -0.25) is 0 Å². The van der Waals surface area contributed by atoms with E-state index in [2.05, 4.69) is 30.7 Å². The monoisotopic (exact) mass is 424 g/mol. The van der Waals surface area contributed by atoms with Gasteiger partial charge in [-0.05, 0) is 31.4 Å². The molecule has 3 aromatic rings. The van der Waals surface area contributed by atoms with E-state index >= 15 is 0 Å². The number of aryl methyl sites for hydroxylation is 1. The smallest absolute Gasteiger partial charge is 0.249 e. The number of ether oxygens (including phenoxy) is 2. The van der Waals surface area contributed by atoms with Crippen molar-refractivity contribution >= 4 is 23.4 Å². The summed E-state index contributed by atoms with van der Waals surface area (Å²) in [5.41, 5.74) is 7.78. The van der Waals surface area contributed by atoms with Crippen LogP contribution in [0, 0.1) is 6.92 Å². The van der Waals surface area contributed by atoms with Crippen LogP contribution in [0.1, 0.15) is 37.7 Å². The maximum Gasteiger partial charge on any atom is 0.249 e. The Hall–Kier alpha value is -3.56. The molecule has 0 radical (unpaired) electrons. The van der Waals surface area contributed by atoms with Gasteiger partial charge in [0, 0.05) is 18.2 Å². The normalized spacial score (nSPS) is 14.3. The molecule has 1 aliphatic rings. The van der Waals surface area contributed by atoms with Crippen LogP contribution in [-0.4, -0.2) is 45.0 Å². The van der Waals surface area contributed by atoms with Gasteiger partial charge in [0.15, 0.2) is 5.82 Å². The molecule has 0 spiro atoms. The molecular formula is C21H28N8O2. The van der Waals surface area contributed by atoms with Crippen LogP contribution in [0.4, 0.5) is 23.4 Å². The highest BCUT2D eigenvalue weighted by Gasteiger charge is 2.16. The molecular weight excluding hydrogens is 396 g/mol. The summed E-state index contributed by atoms with van der Waals surface area (Å²) < 4.78 is 12.3. The summed E-state index contributed by atoms with van der Waals surface area (Å²) in [6.07, 6.45) is 7.61. The SMILES string of the molecule is COc1cc(OC)c(Nc2nc(N)n(-c3cc(NC4CCCCC4)ncn3)n2)cc1C. The molecule has 2 aromatic heterocycles. The lowest BCUT2D eigenvalue weighted by Gasteiger charge is -2.23. The number of hydrogen-bond donors (Lipinski definition) is 3. The zero-order chi connectivity index (χ0) is 21.8. The highest BCUT2D eigenvalue weighted by molar-refractivity contribution is 5.66. The Bertz CT molecular complexity index is 1050. The standard InChI is InChI=1S/C21H28N8O2/c1-13-9-15(17(31-3)10-16(13)30-2)26-21-27-20(22)29(28-21)19-11-18(23-12-24-19)25-14-7-5-4-6-8-14/h9-12,14H,4-8H2,1-3H3,(H,23,24,25)(H3,22,26,27,28). The first kappa shape index (κ1) is 20.7. The quantitative estimate of drug-likeness (QED) is 0.523. The van der Waals surface area contributed by atoms with E-state index in [0.29, 0.717) is 29.2 Å². The van der Waals surface area contributed by atoms with Gasteiger partial charge in [-0.1, -0.05) is 19.3 Å². The number of nitrogens with one attached hydrogen (secondary N) is 2. The minimum Gasteiger partial charge on any atom is -0.496 e. The number of nitrogen functional groups attached to an aromatic ring is 1. The summed E-state index contributed by atoms with van der Waals surface area (Å²) in [6, 6.07) is 5.99. The number of rotatable bonds is 7. The van der Waals surface area contributed by atoms with Crippen molar-refractivity contribution in [1.82, 2.24) is 24.7 Å². The Balaban J connectivity index is 1.56. The Morgan fingerprint density at radius 3 is 2.55 bits per heavy atom. The topological polar surface area (TPSA) is 125 Å². The summed E-state index contributed by atoms with van der Waals surface area (Å²) in [7, 11) is 3.22. The largest absolute Gasteiger partial charge is 0.496 e. The van der Waals surface area contributed by atoms with Gasteiger partial charge in [0.25, 0.3) is 0 Å². The third-order valence-corrected chi connectivity index (χ3v) is 5.42. The molecule has 0 saturated heterocycles. The van der Waals surface area contributed by atoms with E-state index in [0.717, 1.165) is 30.0 Å². The second-order valence-electron chi connectivity index (χ2n) is 7.59. The van der Waals surface area contributed by atoms with Gasteiger partial charge in [0.2, 0.25) is 11.9 Å². The summed E-state index contributed by atoms with van der Waals surface area (Å²) in [4.78, 5) is 13.0. The van der Waals surface area contributed by atoms with E-state index in [1.165, 1.54) is 30.3 Å². The number of nitrogens with two attached hydrogens (primary N) is 1. The number of benzene rings is 1. The number of methoxy groups -OCH3 is 2. The van der Waals surface area contributed by atoms with Crippen LogP contribution in [0.15, 0.2) is 24.5 Å². The maximum absolute atomic E-state index is 6.12. The number of aromatic nitrogens is 5. The van der Waals surface area contributed by atoms with Crippen molar-refractivity contribution in [2.75, 3.05) is 30.6 Å². The van der Waals surface area contributed by atoms with E-state index in [1.54, 1.807) is 14.2 Å². The first-order chi connectivity index (χ1) is 15.1. The fourth-order valence-electron chi connectivity index (χ4n) is 3.82. The van der Waals surface area contributed by atoms with E-state index in [-0.39, 0.29) is 5.95 Å². The van der Waals surface area contributed by atoms with Crippen molar-refractivity contribution in [3.63, 3.8) is 0 Å². The zero-order valence-corrected chi connectivity index (χ0v) is 18.1. The molecule has 2 heterocycles. The van der Waals surface area contributed by atoms with Gasteiger partial charge in [-0.2, -0.15) is 9.67 Å². The second-order valence-corrected chi connectivity index (χ2v) is 7.59.